The van der Waals surface area contributed by atoms with E-state index >= 15 is 0 Å². The molecular weight excluding hydrogens is 278 g/mol. The van der Waals surface area contributed by atoms with E-state index in [-0.39, 0.29) is 24.4 Å². The number of alkyl halides is 1. The molecule has 1 heterocycles. The first kappa shape index (κ1) is 15.4. The van der Waals surface area contributed by atoms with Crippen molar-refractivity contribution in [2.75, 3.05) is 12.5 Å². The zero-order valence-electron chi connectivity index (χ0n) is 11.9. The summed E-state index contributed by atoms with van der Waals surface area (Å²) in [6, 6.07) is 0. The lowest BCUT2D eigenvalue weighted by atomic mass is 9.83. The van der Waals surface area contributed by atoms with Crippen molar-refractivity contribution in [1.82, 2.24) is 5.32 Å². The molecule has 0 radical (unpaired) electrons. The van der Waals surface area contributed by atoms with Crippen LogP contribution in [0.3, 0.4) is 0 Å². The molecule has 0 bridgehead atoms. The summed E-state index contributed by atoms with van der Waals surface area (Å²) in [5, 5.41) is 2.88. The molecular formula is C15H22ClNO3. The minimum Gasteiger partial charge on any atom is -0.463 e. The third-order valence-corrected chi connectivity index (χ3v) is 4.34. The monoisotopic (exact) mass is 299 g/mol. The summed E-state index contributed by atoms with van der Waals surface area (Å²) in [4.78, 5) is 24.4. The van der Waals surface area contributed by atoms with Crippen molar-refractivity contribution in [3.8, 4) is 0 Å². The van der Waals surface area contributed by atoms with E-state index in [0.717, 1.165) is 19.3 Å². The first-order valence-electron chi connectivity index (χ1n) is 7.27. The molecule has 0 aromatic rings. The number of cyclic esters (lactones) is 1. The van der Waals surface area contributed by atoms with Crippen LogP contribution in [0.15, 0.2) is 12.2 Å². The van der Waals surface area contributed by atoms with Gasteiger partial charge in [0.1, 0.15) is 12.1 Å². The number of carbonyl (C=O) groups is 2. The highest BCUT2D eigenvalue weighted by molar-refractivity contribution is 6.18. The molecule has 112 valence electrons. The molecule has 1 aliphatic heterocycles. The second-order valence-electron chi connectivity index (χ2n) is 5.92. The Morgan fingerprint density at radius 2 is 2.30 bits per heavy atom. The lowest BCUT2D eigenvalue weighted by Gasteiger charge is -2.30. The molecule has 1 fully saturated rings. The fourth-order valence-corrected chi connectivity index (χ4v) is 3.16. The highest BCUT2D eigenvalue weighted by Crippen LogP contribution is 2.29. The Hall–Kier alpha value is -1.03. The zero-order valence-corrected chi connectivity index (χ0v) is 12.6. The molecule has 1 aliphatic carbocycles. The third kappa shape index (κ3) is 3.54. The summed E-state index contributed by atoms with van der Waals surface area (Å²) < 4.78 is 5.29. The van der Waals surface area contributed by atoms with Crippen LogP contribution in [0.4, 0.5) is 0 Å². The van der Waals surface area contributed by atoms with Crippen LogP contribution in [0.1, 0.15) is 39.0 Å². The molecule has 3 atom stereocenters. The van der Waals surface area contributed by atoms with Gasteiger partial charge in [-0.3, -0.25) is 4.79 Å². The Labute approximate surface area is 124 Å². The maximum atomic E-state index is 12.2. The molecule has 5 heteroatoms. The highest BCUT2D eigenvalue weighted by Gasteiger charge is 2.42. The van der Waals surface area contributed by atoms with Crippen LogP contribution in [0.25, 0.3) is 0 Å². The first-order chi connectivity index (χ1) is 9.55. The van der Waals surface area contributed by atoms with Crippen LogP contribution < -0.4 is 5.32 Å². The summed E-state index contributed by atoms with van der Waals surface area (Å²) >= 11 is 5.69. The van der Waals surface area contributed by atoms with Crippen LogP contribution in [0.5, 0.6) is 0 Å². The van der Waals surface area contributed by atoms with Crippen molar-refractivity contribution in [1.29, 1.82) is 0 Å². The van der Waals surface area contributed by atoms with Crippen molar-refractivity contribution >= 4 is 23.5 Å². The molecule has 0 aromatic carbocycles. The topological polar surface area (TPSA) is 55.4 Å². The van der Waals surface area contributed by atoms with E-state index in [9.17, 15) is 9.59 Å². The number of amides is 1. The molecule has 1 saturated heterocycles. The third-order valence-electron chi connectivity index (χ3n) is 4.12. The van der Waals surface area contributed by atoms with Crippen LogP contribution in [-0.2, 0) is 14.3 Å². The Morgan fingerprint density at radius 3 is 2.95 bits per heavy atom. The average molecular weight is 300 g/mol. The van der Waals surface area contributed by atoms with Crippen molar-refractivity contribution in [2.24, 2.45) is 11.8 Å². The number of halogens is 1. The molecule has 4 nitrogen and oxygen atoms in total. The molecule has 2 aliphatic rings. The molecule has 3 unspecified atom stereocenters. The van der Waals surface area contributed by atoms with Gasteiger partial charge in [-0.15, -0.1) is 11.6 Å². The fourth-order valence-electron chi connectivity index (χ4n) is 2.89. The van der Waals surface area contributed by atoms with Gasteiger partial charge in [0.05, 0.1) is 5.92 Å². The maximum Gasteiger partial charge on any atom is 0.331 e. The van der Waals surface area contributed by atoms with E-state index in [1.54, 1.807) is 6.92 Å². The number of carbonyl (C=O) groups excluding carboxylic acids is 2. The average Bonchev–Trinajstić information content (AvgIpc) is 2.52. The smallest absolute Gasteiger partial charge is 0.331 e. The van der Waals surface area contributed by atoms with E-state index in [1.807, 2.05) is 0 Å². The van der Waals surface area contributed by atoms with Gasteiger partial charge >= 0.3 is 5.97 Å². The van der Waals surface area contributed by atoms with Gasteiger partial charge in [-0.05, 0) is 44.9 Å². The Bertz CT molecular complexity index is 410. The second kappa shape index (κ2) is 6.61. The predicted molar refractivity (Wildman–Crippen MR) is 77.4 cm³/mol. The Balaban J connectivity index is 2.08. The van der Waals surface area contributed by atoms with E-state index in [4.69, 9.17) is 16.3 Å². The van der Waals surface area contributed by atoms with Gasteiger partial charge in [-0.1, -0.05) is 12.2 Å². The highest BCUT2D eigenvalue weighted by atomic mass is 35.5. The van der Waals surface area contributed by atoms with Crippen molar-refractivity contribution in [2.45, 2.75) is 44.6 Å². The summed E-state index contributed by atoms with van der Waals surface area (Å²) in [5.74, 6) is -0.0791. The van der Waals surface area contributed by atoms with Gasteiger partial charge < -0.3 is 10.1 Å². The normalized spacial score (nSPS) is 34.3. The van der Waals surface area contributed by atoms with Crippen molar-refractivity contribution in [3.63, 3.8) is 0 Å². The van der Waals surface area contributed by atoms with Gasteiger partial charge in [-0.2, -0.15) is 0 Å². The first-order valence-corrected chi connectivity index (χ1v) is 7.80. The molecule has 1 N–H and O–H groups in total. The molecule has 2 rings (SSSR count). The maximum absolute atomic E-state index is 12.2. The lowest BCUT2D eigenvalue weighted by molar-refractivity contribution is -0.150. The molecule has 0 spiro atoms. The summed E-state index contributed by atoms with van der Waals surface area (Å²) in [6.45, 7) is 1.90. The Kier molecular flexibility index (Phi) is 5.08. The van der Waals surface area contributed by atoms with Crippen LogP contribution in [0.2, 0.25) is 0 Å². The quantitative estimate of drug-likeness (QED) is 0.493. The second-order valence-corrected chi connectivity index (χ2v) is 6.30. The number of esters is 1. The van der Waals surface area contributed by atoms with Crippen LogP contribution >= 0.6 is 11.6 Å². The minimum absolute atomic E-state index is 0.126. The van der Waals surface area contributed by atoms with E-state index < -0.39 is 5.54 Å². The van der Waals surface area contributed by atoms with E-state index in [0.29, 0.717) is 24.6 Å². The summed E-state index contributed by atoms with van der Waals surface area (Å²) in [5.41, 5.74) is -0.926. The van der Waals surface area contributed by atoms with E-state index in [1.165, 1.54) is 0 Å². The summed E-state index contributed by atoms with van der Waals surface area (Å²) in [6.07, 6.45) is 8.71. The van der Waals surface area contributed by atoms with Gasteiger partial charge in [0.25, 0.3) is 0 Å². The van der Waals surface area contributed by atoms with Gasteiger partial charge in [0, 0.05) is 5.88 Å². The SMILES string of the molecule is CC1(CC2C=CCCC2)NC(=O)C(CCCl)COC1=O. The van der Waals surface area contributed by atoms with Gasteiger partial charge in [0.15, 0.2) is 0 Å². The van der Waals surface area contributed by atoms with Crippen LogP contribution in [-0.4, -0.2) is 29.9 Å². The Morgan fingerprint density at radius 1 is 1.50 bits per heavy atom. The van der Waals surface area contributed by atoms with E-state index in [2.05, 4.69) is 17.5 Å². The number of hydrogen-bond acceptors (Lipinski definition) is 3. The number of hydrogen-bond donors (Lipinski definition) is 1. The minimum atomic E-state index is -0.926. The number of ether oxygens (including phenoxy) is 1. The number of rotatable bonds is 4. The van der Waals surface area contributed by atoms with Gasteiger partial charge in [0.2, 0.25) is 5.91 Å². The number of nitrogens with one attached hydrogen (secondary N) is 1. The number of allylic oxidation sites excluding steroid dienone is 2. The zero-order chi connectivity index (χ0) is 14.6. The molecule has 1 amide bonds. The van der Waals surface area contributed by atoms with Gasteiger partial charge in [-0.25, -0.2) is 4.79 Å². The molecule has 0 aromatic heterocycles. The predicted octanol–water partition coefficient (Wildman–Crippen LogP) is 2.41. The lowest BCUT2D eigenvalue weighted by Crippen LogP contribution is -2.53. The standard InChI is InChI=1S/C15H22ClNO3/c1-15(9-11-5-3-2-4-6-11)14(19)20-10-12(7-8-16)13(18)17-15/h3,5,11-12H,2,4,6-10H2,1H3,(H,17,18). The molecule has 20 heavy (non-hydrogen) atoms. The van der Waals surface area contributed by atoms with Crippen molar-refractivity contribution in [3.05, 3.63) is 12.2 Å². The van der Waals surface area contributed by atoms with Crippen molar-refractivity contribution < 1.29 is 14.3 Å². The molecule has 0 saturated carbocycles. The van der Waals surface area contributed by atoms with Crippen LogP contribution in [0, 0.1) is 11.8 Å². The summed E-state index contributed by atoms with van der Waals surface area (Å²) in [7, 11) is 0. The fraction of sp³-hybridized carbons (Fsp3) is 0.733. The largest absolute Gasteiger partial charge is 0.463 e.